The lowest BCUT2D eigenvalue weighted by Crippen LogP contribution is -2.58. The molecule has 0 aromatic heterocycles. The van der Waals surface area contributed by atoms with Crippen LogP contribution in [0.25, 0.3) is 0 Å². The largest absolute Gasteiger partial charge is 0.480 e. The summed E-state index contributed by atoms with van der Waals surface area (Å²) in [5.74, 6) is -4.44. The van der Waals surface area contributed by atoms with Crippen molar-refractivity contribution >= 4 is 54.0 Å². The van der Waals surface area contributed by atoms with E-state index in [1.165, 1.54) is 18.7 Å². The quantitative estimate of drug-likeness (QED) is 0.120. The van der Waals surface area contributed by atoms with Gasteiger partial charge in [0.15, 0.2) is 0 Å². The second-order valence-electron chi connectivity index (χ2n) is 6.42. The number of aliphatic hydroxyl groups is 1. The van der Waals surface area contributed by atoms with E-state index in [2.05, 4.69) is 28.6 Å². The van der Waals surface area contributed by atoms with Gasteiger partial charge in [0.05, 0.1) is 12.5 Å². The Morgan fingerprint density at radius 3 is 1.93 bits per heavy atom. The number of carbonyl (C=O) groups excluding carboxylic acids is 4. The zero-order chi connectivity index (χ0) is 23.4. The molecule has 0 aliphatic rings. The molecule has 30 heavy (non-hydrogen) atoms. The Morgan fingerprint density at radius 1 is 1.00 bits per heavy atom. The molecule has 172 valence electrons. The van der Waals surface area contributed by atoms with Gasteiger partial charge < -0.3 is 37.6 Å². The van der Waals surface area contributed by atoms with Crippen LogP contribution in [-0.4, -0.2) is 87.8 Å². The minimum Gasteiger partial charge on any atom is -0.480 e. The number of carboxylic acid groups (broad SMARTS) is 1. The fraction of sp³-hybridized carbons (Fsp3) is 0.688. The SMILES string of the molecule is CSCCC(NC(=O)C(CC(N)=O)NC(=O)C(N)C(C)O)C(=O)NC(CS)C(=O)O. The summed E-state index contributed by atoms with van der Waals surface area (Å²) >= 11 is 5.26. The molecule has 0 saturated carbocycles. The smallest absolute Gasteiger partial charge is 0.327 e. The Labute approximate surface area is 183 Å². The van der Waals surface area contributed by atoms with Gasteiger partial charge in [0.25, 0.3) is 0 Å². The summed E-state index contributed by atoms with van der Waals surface area (Å²) in [7, 11) is 0. The monoisotopic (exact) mass is 467 g/mol. The molecule has 0 fully saturated rings. The highest BCUT2D eigenvalue weighted by Crippen LogP contribution is 2.04. The van der Waals surface area contributed by atoms with Gasteiger partial charge >= 0.3 is 5.97 Å². The number of nitrogens with two attached hydrogens (primary N) is 2. The highest BCUT2D eigenvalue weighted by atomic mass is 32.2. The van der Waals surface area contributed by atoms with Crippen LogP contribution in [-0.2, 0) is 24.0 Å². The third-order valence-electron chi connectivity index (χ3n) is 3.90. The maximum absolute atomic E-state index is 12.6. The summed E-state index contributed by atoms with van der Waals surface area (Å²) in [6, 6.07) is -5.19. The Hall–Kier alpha value is -2.03. The van der Waals surface area contributed by atoms with E-state index < -0.39 is 66.3 Å². The van der Waals surface area contributed by atoms with E-state index in [1.54, 1.807) is 6.26 Å². The van der Waals surface area contributed by atoms with Gasteiger partial charge in [-0.25, -0.2) is 4.79 Å². The van der Waals surface area contributed by atoms with Gasteiger partial charge in [-0.15, -0.1) is 0 Å². The van der Waals surface area contributed by atoms with Gasteiger partial charge in [0, 0.05) is 5.75 Å². The number of nitrogens with one attached hydrogen (secondary N) is 3. The van der Waals surface area contributed by atoms with Crippen molar-refractivity contribution in [3.05, 3.63) is 0 Å². The van der Waals surface area contributed by atoms with Crippen LogP contribution in [0.4, 0.5) is 0 Å². The van der Waals surface area contributed by atoms with Crippen molar-refractivity contribution in [3.63, 3.8) is 0 Å². The number of carbonyl (C=O) groups is 5. The zero-order valence-electron chi connectivity index (χ0n) is 16.7. The molecule has 0 saturated heterocycles. The van der Waals surface area contributed by atoms with Gasteiger partial charge in [0.1, 0.15) is 24.2 Å². The molecule has 0 aromatic carbocycles. The fourth-order valence-electron chi connectivity index (χ4n) is 2.13. The molecule has 4 amide bonds. The average molecular weight is 468 g/mol. The van der Waals surface area contributed by atoms with Crippen LogP contribution in [0.5, 0.6) is 0 Å². The van der Waals surface area contributed by atoms with E-state index in [1.807, 2.05) is 0 Å². The summed E-state index contributed by atoms with van der Waals surface area (Å²) < 4.78 is 0. The molecule has 5 atom stereocenters. The van der Waals surface area contributed by atoms with E-state index in [-0.39, 0.29) is 12.2 Å². The fourth-order valence-corrected chi connectivity index (χ4v) is 2.85. The first-order valence-electron chi connectivity index (χ1n) is 8.90. The molecule has 5 unspecified atom stereocenters. The Morgan fingerprint density at radius 2 is 1.50 bits per heavy atom. The molecule has 12 nitrogen and oxygen atoms in total. The molecule has 0 rings (SSSR count). The van der Waals surface area contributed by atoms with Crippen molar-refractivity contribution < 1.29 is 34.2 Å². The van der Waals surface area contributed by atoms with Crippen LogP contribution in [0.2, 0.25) is 0 Å². The standard InChI is InChI=1S/C16H29N5O7S2/c1-7(22)12(18)15(26)20-9(5-11(17)23)14(25)19-8(3-4-30-2)13(24)21-10(6-29)16(27)28/h7-10,12,22,29H,3-6,18H2,1-2H3,(H2,17,23)(H,19,25)(H,20,26)(H,21,24)(H,27,28). The van der Waals surface area contributed by atoms with Crippen molar-refractivity contribution in [2.75, 3.05) is 17.8 Å². The number of carboxylic acids is 1. The van der Waals surface area contributed by atoms with Crippen LogP contribution in [0, 0.1) is 0 Å². The average Bonchev–Trinajstić information content (AvgIpc) is 2.66. The summed E-state index contributed by atoms with van der Waals surface area (Å²) in [4.78, 5) is 59.5. The topological polar surface area (TPSA) is 214 Å². The van der Waals surface area contributed by atoms with Crippen molar-refractivity contribution in [1.29, 1.82) is 0 Å². The number of thiol groups is 1. The number of rotatable bonds is 14. The maximum atomic E-state index is 12.6. The molecular weight excluding hydrogens is 438 g/mol. The first-order valence-corrected chi connectivity index (χ1v) is 10.9. The lowest BCUT2D eigenvalue weighted by molar-refractivity contribution is -0.141. The van der Waals surface area contributed by atoms with Gasteiger partial charge in [-0.05, 0) is 25.4 Å². The van der Waals surface area contributed by atoms with Crippen LogP contribution in [0.15, 0.2) is 0 Å². The lowest BCUT2D eigenvalue weighted by atomic mass is 10.1. The van der Waals surface area contributed by atoms with E-state index in [0.717, 1.165) is 0 Å². The van der Waals surface area contributed by atoms with Crippen LogP contribution < -0.4 is 27.4 Å². The maximum Gasteiger partial charge on any atom is 0.327 e. The summed E-state index contributed by atoms with van der Waals surface area (Å²) in [5.41, 5.74) is 10.6. The molecule has 0 bridgehead atoms. The number of aliphatic carboxylic acids is 1. The molecule has 0 aliphatic heterocycles. The third kappa shape index (κ3) is 10.1. The second-order valence-corrected chi connectivity index (χ2v) is 7.77. The highest BCUT2D eigenvalue weighted by molar-refractivity contribution is 7.98. The van der Waals surface area contributed by atoms with E-state index in [0.29, 0.717) is 5.75 Å². The molecular formula is C16H29N5O7S2. The van der Waals surface area contributed by atoms with Crippen molar-refractivity contribution in [3.8, 4) is 0 Å². The number of primary amides is 1. The second kappa shape index (κ2) is 14.1. The van der Waals surface area contributed by atoms with E-state index >= 15 is 0 Å². The van der Waals surface area contributed by atoms with Crippen molar-refractivity contribution in [2.45, 2.75) is 50.0 Å². The first-order chi connectivity index (χ1) is 13.9. The Balaban J connectivity index is 5.40. The van der Waals surface area contributed by atoms with Gasteiger partial charge in [-0.3, -0.25) is 19.2 Å². The Bertz CT molecular complexity index is 635. The van der Waals surface area contributed by atoms with Gasteiger partial charge in [0.2, 0.25) is 23.6 Å². The molecule has 0 aliphatic carbocycles. The third-order valence-corrected chi connectivity index (χ3v) is 4.91. The molecule has 0 radical (unpaired) electrons. The minimum atomic E-state index is -1.44. The summed E-state index contributed by atoms with van der Waals surface area (Å²) in [5, 5.41) is 25.3. The van der Waals surface area contributed by atoms with E-state index in [4.69, 9.17) is 16.6 Å². The Kier molecular flexibility index (Phi) is 13.1. The summed E-state index contributed by atoms with van der Waals surface area (Å²) in [6.07, 6.45) is 0.145. The predicted molar refractivity (Wildman–Crippen MR) is 114 cm³/mol. The molecule has 14 heteroatoms. The molecule has 0 heterocycles. The van der Waals surface area contributed by atoms with Crippen molar-refractivity contribution in [2.24, 2.45) is 11.5 Å². The van der Waals surface area contributed by atoms with Crippen molar-refractivity contribution in [1.82, 2.24) is 16.0 Å². The van der Waals surface area contributed by atoms with E-state index in [9.17, 15) is 29.1 Å². The van der Waals surface area contributed by atoms with Gasteiger partial charge in [-0.2, -0.15) is 24.4 Å². The van der Waals surface area contributed by atoms with Crippen LogP contribution in [0.3, 0.4) is 0 Å². The van der Waals surface area contributed by atoms with Crippen LogP contribution >= 0.6 is 24.4 Å². The number of aliphatic hydroxyl groups excluding tert-OH is 1. The number of hydrogen-bond donors (Lipinski definition) is 8. The highest BCUT2D eigenvalue weighted by Gasteiger charge is 2.31. The van der Waals surface area contributed by atoms with Gasteiger partial charge in [-0.1, -0.05) is 0 Å². The molecule has 0 spiro atoms. The first kappa shape index (κ1) is 28.0. The predicted octanol–water partition coefficient (Wildman–Crippen LogP) is -3.21. The number of thioether (sulfide) groups is 1. The van der Waals surface area contributed by atoms with Crippen LogP contribution in [0.1, 0.15) is 19.8 Å². The summed E-state index contributed by atoms with van der Waals surface area (Å²) in [6.45, 7) is 1.27. The number of amides is 4. The zero-order valence-corrected chi connectivity index (χ0v) is 18.4. The number of hydrogen-bond acceptors (Lipinski definition) is 9. The normalized spacial score (nSPS) is 15.8. The molecule has 0 aromatic rings. The molecule has 9 N–H and O–H groups in total. The minimum absolute atomic E-state index is 0.155. The lowest BCUT2D eigenvalue weighted by Gasteiger charge is -2.24.